The Hall–Kier alpha value is -2.80. The van der Waals surface area contributed by atoms with Gasteiger partial charge in [0.05, 0.1) is 20.8 Å². The minimum absolute atomic E-state index is 0.0515. The Morgan fingerprint density at radius 3 is 1.97 bits per heavy atom. The van der Waals surface area contributed by atoms with Gasteiger partial charge in [-0.25, -0.2) is 4.79 Å². The molecular formula is C20H24O8P+. The van der Waals surface area contributed by atoms with Gasteiger partial charge >= 0.3 is 15.1 Å². The maximum atomic E-state index is 13.3. The fraction of sp³-hybridized carbons (Fsp3) is 0.300. The molecule has 29 heavy (non-hydrogen) atoms. The molecule has 9 heteroatoms. The maximum absolute atomic E-state index is 13.3. The normalized spacial score (nSPS) is 10.9. The van der Waals surface area contributed by atoms with Crippen LogP contribution in [0.5, 0.6) is 11.5 Å². The van der Waals surface area contributed by atoms with Gasteiger partial charge in [0.1, 0.15) is 29.6 Å². The van der Waals surface area contributed by atoms with Crippen molar-refractivity contribution in [2.24, 2.45) is 0 Å². The van der Waals surface area contributed by atoms with E-state index in [0.717, 1.165) is 0 Å². The van der Waals surface area contributed by atoms with Crippen LogP contribution in [0.15, 0.2) is 48.5 Å². The molecule has 2 rings (SSSR count). The highest BCUT2D eigenvalue weighted by Gasteiger charge is 2.35. The average molecular weight is 423 g/mol. The molecule has 2 aromatic rings. The summed E-state index contributed by atoms with van der Waals surface area (Å²) in [7, 11) is 5.54. The fourth-order valence-corrected chi connectivity index (χ4v) is 2.54. The summed E-state index contributed by atoms with van der Waals surface area (Å²) in [6.07, 6.45) is 0. The van der Waals surface area contributed by atoms with Crippen molar-refractivity contribution in [3.05, 3.63) is 59.7 Å². The van der Waals surface area contributed by atoms with Gasteiger partial charge in [-0.15, -0.1) is 0 Å². The molecule has 0 heterocycles. The first-order valence-corrected chi connectivity index (χ1v) is 8.97. The molecule has 2 unspecified atom stereocenters. The van der Waals surface area contributed by atoms with E-state index in [-0.39, 0.29) is 18.8 Å². The molecule has 2 atom stereocenters. The topological polar surface area (TPSA) is 97.4 Å². The SMILES string of the molecule is COCCOOC(=O)C(C(=O)c1c(OC)cccc1OC)c1ccccc1.O=[PH2+]. The predicted molar refractivity (Wildman–Crippen MR) is 107 cm³/mol. The Kier molecular flexibility index (Phi) is 11.2. The molecule has 0 fully saturated rings. The van der Waals surface area contributed by atoms with Crippen LogP contribution in [0, 0.1) is 0 Å². The maximum Gasteiger partial charge on any atom is 0.357 e. The molecule has 0 N–H and O–H groups in total. The lowest BCUT2D eigenvalue weighted by Crippen LogP contribution is -2.26. The van der Waals surface area contributed by atoms with E-state index in [9.17, 15) is 9.59 Å². The van der Waals surface area contributed by atoms with Gasteiger partial charge < -0.3 is 14.2 Å². The van der Waals surface area contributed by atoms with Crippen LogP contribution in [-0.4, -0.2) is 46.3 Å². The molecule has 0 bridgehead atoms. The minimum atomic E-state index is -1.24. The van der Waals surface area contributed by atoms with Crippen molar-refractivity contribution in [2.45, 2.75) is 5.92 Å². The molecule has 2 aromatic carbocycles. The first kappa shape index (κ1) is 24.2. The molecule has 8 nitrogen and oxygen atoms in total. The Balaban J connectivity index is 0.00000204. The number of hydrogen-bond acceptors (Lipinski definition) is 8. The third kappa shape index (κ3) is 6.64. The predicted octanol–water partition coefficient (Wildman–Crippen LogP) is 3.00. The van der Waals surface area contributed by atoms with Crippen LogP contribution in [0.25, 0.3) is 0 Å². The van der Waals surface area contributed by atoms with E-state index in [4.69, 9.17) is 28.6 Å². The van der Waals surface area contributed by atoms with Crippen molar-refractivity contribution in [3.63, 3.8) is 0 Å². The Morgan fingerprint density at radius 2 is 1.45 bits per heavy atom. The Labute approximate surface area is 171 Å². The number of ether oxygens (including phenoxy) is 3. The van der Waals surface area contributed by atoms with E-state index in [1.807, 2.05) is 0 Å². The fourth-order valence-electron chi connectivity index (χ4n) is 2.54. The van der Waals surface area contributed by atoms with Crippen LogP contribution >= 0.6 is 9.12 Å². The first-order valence-electron chi connectivity index (χ1n) is 8.50. The van der Waals surface area contributed by atoms with Gasteiger partial charge in [0.25, 0.3) is 0 Å². The van der Waals surface area contributed by atoms with Crippen LogP contribution in [0.2, 0.25) is 0 Å². The molecule has 0 aliphatic heterocycles. The summed E-state index contributed by atoms with van der Waals surface area (Å²) in [5.74, 6) is -1.99. The lowest BCUT2D eigenvalue weighted by atomic mass is 9.90. The average Bonchev–Trinajstić information content (AvgIpc) is 2.78. The molecule has 156 valence electrons. The summed E-state index contributed by atoms with van der Waals surface area (Å²) in [6.45, 7) is 0.299. The molecule has 0 amide bonds. The summed E-state index contributed by atoms with van der Waals surface area (Å²) in [5.41, 5.74) is 0.626. The molecular weight excluding hydrogens is 399 g/mol. The lowest BCUT2D eigenvalue weighted by molar-refractivity contribution is -0.276. The van der Waals surface area contributed by atoms with Crippen molar-refractivity contribution in [1.82, 2.24) is 0 Å². The number of Topliss-reactive ketones (excluding diaryl/α,β-unsaturated/α-hetero) is 1. The standard InChI is InChI=1S/C20H22O7.H2OP/c1-23-12-13-26-27-20(22)17(14-8-5-4-6-9-14)19(21)18-15(24-2)10-7-11-16(18)25-3;1-2/h4-11,17H,12-13H2,1-3H3;2H2/q;+1. The van der Waals surface area contributed by atoms with E-state index in [0.29, 0.717) is 17.1 Å². The molecule has 0 saturated carbocycles. The van der Waals surface area contributed by atoms with Crippen LogP contribution in [0.3, 0.4) is 0 Å². The number of benzene rings is 2. The number of hydrogen-bond donors (Lipinski definition) is 0. The highest BCUT2D eigenvalue weighted by Crippen LogP contribution is 2.34. The lowest BCUT2D eigenvalue weighted by Gasteiger charge is -2.18. The van der Waals surface area contributed by atoms with Crippen LogP contribution < -0.4 is 9.47 Å². The second-order valence-electron chi connectivity index (χ2n) is 5.46. The van der Waals surface area contributed by atoms with Crippen molar-refractivity contribution >= 4 is 20.9 Å². The largest absolute Gasteiger partial charge is 0.496 e. The zero-order valence-corrected chi connectivity index (χ0v) is 17.6. The van der Waals surface area contributed by atoms with Gasteiger partial charge in [0.2, 0.25) is 0 Å². The van der Waals surface area contributed by atoms with Gasteiger partial charge in [0.15, 0.2) is 5.78 Å². The van der Waals surface area contributed by atoms with Gasteiger partial charge in [-0.1, -0.05) is 41.0 Å². The van der Waals surface area contributed by atoms with Gasteiger partial charge in [-0.3, -0.25) is 9.68 Å². The minimum Gasteiger partial charge on any atom is -0.496 e. The van der Waals surface area contributed by atoms with Gasteiger partial charge in [-0.2, -0.15) is 4.89 Å². The number of rotatable bonds is 10. The molecule has 0 aromatic heterocycles. The molecule has 0 saturated heterocycles. The smallest absolute Gasteiger partial charge is 0.357 e. The number of carbonyl (C=O) groups is 2. The molecule has 0 aliphatic rings. The van der Waals surface area contributed by atoms with Crippen LogP contribution in [0.4, 0.5) is 0 Å². The van der Waals surface area contributed by atoms with Crippen LogP contribution in [0.1, 0.15) is 21.8 Å². The molecule has 0 radical (unpaired) electrons. The molecule has 0 aliphatic carbocycles. The first-order chi connectivity index (χ1) is 14.1. The van der Waals surface area contributed by atoms with Gasteiger partial charge in [0, 0.05) is 7.11 Å². The summed E-state index contributed by atoms with van der Waals surface area (Å²) in [6, 6.07) is 13.5. The molecule has 0 spiro atoms. The second-order valence-corrected chi connectivity index (χ2v) is 5.46. The van der Waals surface area contributed by atoms with E-state index in [1.54, 1.807) is 48.5 Å². The summed E-state index contributed by atoms with van der Waals surface area (Å²) >= 11 is 0. The second kappa shape index (κ2) is 13.4. The number of carbonyl (C=O) groups excluding carboxylic acids is 2. The van der Waals surface area contributed by atoms with Crippen LogP contribution in [-0.2, 0) is 23.9 Å². The quantitative estimate of drug-likeness (QED) is 0.144. The Morgan fingerprint density at radius 1 is 0.862 bits per heavy atom. The van der Waals surface area contributed by atoms with Crippen molar-refractivity contribution in [2.75, 3.05) is 34.5 Å². The number of ketones is 1. The van der Waals surface area contributed by atoms with Crippen molar-refractivity contribution in [1.29, 1.82) is 0 Å². The summed E-state index contributed by atoms with van der Waals surface area (Å²) in [4.78, 5) is 35.6. The third-order valence-corrected chi connectivity index (χ3v) is 3.82. The monoisotopic (exact) mass is 423 g/mol. The van der Waals surface area contributed by atoms with Crippen molar-refractivity contribution in [3.8, 4) is 11.5 Å². The van der Waals surface area contributed by atoms with E-state index in [2.05, 4.69) is 0 Å². The Bertz CT molecular complexity index is 759. The summed E-state index contributed by atoms with van der Waals surface area (Å²) < 4.78 is 23.6. The van der Waals surface area contributed by atoms with E-state index >= 15 is 0 Å². The zero-order chi connectivity index (χ0) is 21.6. The third-order valence-electron chi connectivity index (χ3n) is 3.82. The number of methoxy groups -OCH3 is 3. The van der Waals surface area contributed by atoms with Gasteiger partial charge in [-0.05, 0) is 17.7 Å². The zero-order valence-electron chi connectivity index (χ0n) is 16.5. The summed E-state index contributed by atoms with van der Waals surface area (Å²) in [5, 5.41) is 0. The van der Waals surface area contributed by atoms with E-state index in [1.165, 1.54) is 30.4 Å². The highest BCUT2D eigenvalue weighted by molar-refractivity contribution is 7.00. The van der Waals surface area contributed by atoms with Crippen molar-refractivity contribution < 1.29 is 38.1 Å². The van der Waals surface area contributed by atoms with E-state index < -0.39 is 17.7 Å². The highest BCUT2D eigenvalue weighted by atomic mass is 31.0.